The first-order valence-corrected chi connectivity index (χ1v) is 7.32. The number of aliphatic hydroxyl groups is 1. The molecule has 1 aromatic heterocycles. The standard InChI is InChI=1S/C14H23N3O3/c1-3-5-11-15-12(20-16-11)6-7-13(18)17-9-4-8-14(2,19)10-17/h19H,3-10H2,1-2H3. The third-order valence-electron chi connectivity index (χ3n) is 3.56. The summed E-state index contributed by atoms with van der Waals surface area (Å²) in [5, 5.41) is 13.9. The SMILES string of the molecule is CCCc1noc(CCC(=O)N2CCCC(C)(O)C2)n1. The Morgan fingerprint density at radius 1 is 1.50 bits per heavy atom. The molecule has 1 aromatic rings. The van der Waals surface area contributed by atoms with Gasteiger partial charge in [0.25, 0.3) is 0 Å². The number of amides is 1. The van der Waals surface area contributed by atoms with E-state index < -0.39 is 5.60 Å². The molecule has 20 heavy (non-hydrogen) atoms. The highest BCUT2D eigenvalue weighted by molar-refractivity contribution is 5.76. The highest BCUT2D eigenvalue weighted by Gasteiger charge is 2.30. The van der Waals surface area contributed by atoms with Gasteiger partial charge in [0.1, 0.15) is 0 Å². The minimum absolute atomic E-state index is 0.0419. The Labute approximate surface area is 119 Å². The van der Waals surface area contributed by atoms with Gasteiger partial charge in [-0.2, -0.15) is 4.98 Å². The highest BCUT2D eigenvalue weighted by Crippen LogP contribution is 2.21. The Morgan fingerprint density at radius 2 is 2.30 bits per heavy atom. The Hall–Kier alpha value is -1.43. The van der Waals surface area contributed by atoms with Crippen LogP contribution in [-0.2, 0) is 17.6 Å². The lowest BCUT2D eigenvalue weighted by molar-refractivity contribution is -0.137. The molecule has 112 valence electrons. The zero-order valence-corrected chi connectivity index (χ0v) is 12.3. The number of nitrogens with zero attached hydrogens (tertiary/aromatic N) is 3. The van der Waals surface area contributed by atoms with Gasteiger partial charge in [0.2, 0.25) is 11.8 Å². The quantitative estimate of drug-likeness (QED) is 0.880. The van der Waals surface area contributed by atoms with Gasteiger partial charge >= 0.3 is 0 Å². The summed E-state index contributed by atoms with van der Waals surface area (Å²) < 4.78 is 5.11. The van der Waals surface area contributed by atoms with E-state index in [4.69, 9.17) is 4.52 Å². The first kappa shape index (κ1) is 15.0. The first-order chi connectivity index (χ1) is 9.50. The molecule has 1 atom stereocenters. The topological polar surface area (TPSA) is 79.5 Å². The number of piperidine rings is 1. The van der Waals surface area contributed by atoms with E-state index in [0.717, 1.165) is 32.2 Å². The number of rotatable bonds is 5. The Morgan fingerprint density at radius 3 is 3.00 bits per heavy atom. The van der Waals surface area contributed by atoms with Gasteiger partial charge in [-0.25, -0.2) is 0 Å². The van der Waals surface area contributed by atoms with Crippen molar-refractivity contribution in [1.82, 2.24) is 15.0 Å². The van der Waals surface area contributed by atoms with Crippen molar-refractivity contribution in [2.75, 3.05) is 13.1 Å². The Kier molecular flexibility index (Phi) is 4.75. The molecular weight excluding hydrogens is 258 g/mol. The second-order valence-corrected chi connectivity index (χ2v) is 5.77. The largest absolute Gasteiger partial charge is 0.388 e. The summed E-state index contributed by atoms with van der Waals surface area (Å²) in [6, 6.07) is 0. The van der Waals surface area contributed by atoms with Gasteiger partial charge in [-0.05, 0) is 26.2 Å². The molecule has 2 heterocycles. The zero-order chi connectivity index (χ0) is 14.6. The molecule has 1 amide bonds. The summed E-state index contributed by atoms with van der Waals surface area (Å²) in [7, 11) is 0. The molecule has 0 aliphatic carbocycles. The van der Waals surface area contributed by atoms with Crippen LogP contribution in [0.1, 0.15) is 51.2 Å². The number of aromatic nitrogens is 2. The third kappa shape index (κ3) is 4.03. The summed E-state index contributed by atoms with van der Waals surface area (Å²) in [5.74, 6) is 1.27. The molecule has 1 saturated heterocycles. The minimum Gasteiger partial charge on any atom is -0.388 e. The fourth-order valence-electron chi connectivity index (χ4n) is 2.52. The van der Waals surface area contributed by atoms with Crippen LogP contribution < -0.4 is 0 Å². The lowest BCUT2D eigenvalue weighted by Crippen LogP contribution is -2.48. The molecule has 6 heteroatoms. The monoisotopic (exact) mass is 281 g/mol. The summed E-state index contributed by atoms with van der Waals surface area (Å²) in [4.78, 5) is 18.1. The summed E-state index contributed by atoms with van der Waals surface area (Å²) >= 11 is 0. The highest BCUT2D eigenvalue weighted by atomic mass is 16.5. The smallest absolute Gasteiger partial charge is 0.227 e. The number of aryl methyl sites for hydroxylation is 2. The molecule has 1 aliphatic heterocycles. The third-order valence-corrected chi connectivity index (χ3v) is 3.56. The minimum atomic E-state index is -0.757. The van der Waals surface area contributed by atoms with E-state index in [1.807, 2.05) is 0 Å². The summed E-state index contributed by atoms with van der Waals surface area (Å²) in [6.07, 6.45) is 4.19. The molecule has 1 aliphatic rings. The number of carbonyl (C=O) groups is 1. The second kappa shape index (κ2) is 6.35. The van der Waals surface area contributed by atoms with Crippen LogP contribution in [0.5, 0.6) is 0 Å². The Balaban J connectivity index is 1.82. The second-order valence-electron chi connectivity index (χ2n) is 5.77. The zero-order valence-electron chi connectivity index (χ0n) is 12.3. The predicted molar refractivity (Wildman–Crippen MR) is 73.1 cm³/mol. The maximum absolute atomic E-state index is 12.1. The maximum Gasteiger partial charge on any atom is 0.227 e. The molecule has 2 rings (SSSR count). The molecular formula is C14H23N3O3. The van der Waals surface area contributed by atoms with Crippen molar-refractivity contribution in [2.45, 2.75) is 58.0 Å². The van der Waals surface area contributed by atoms with Crippen molar-refractivity contribution >= 4 is 5.91 Å². The van der Waals surface area contributed by atoms with E-state index >= 15 is 0 Å². The van der Waals surface area contributed by atoms with Gasteiger partial charge in [-0.1, -0.05) is 12.1 Å². The fraction of sp³-hybridized carbons (Fsp3) is 0.786. The van der Waals surface area contributed by atoms with E-state index in [9.17, 15) is 9.90 Å². The van der Waals surface area contributed by atoms with Gasteiger partial charge in [-0.3, -0.25) is 4.79 Å². The van der Waals surface area contributed by atoms with Gasteiger partial charge in [0.05, 0.1) is 5.60 Å². The Bertz CT molecular complexity index is 456. The normalized spacial score (nSPS) is 23.1. The lowest BCUT2D eigenvalue weighted by atomic mass is 9.95. The number of hydrogen-bond donors (Lipinski definition) is 1. The molecule has 6 nitrogen and oxygen atoms in total. The molecule has 0 saturated carbocycles. The van der Waals surface area contributed by atoms with E-state index in [-0.39, 0.29) is 5.91 Å². The van der Waals surface area contributed by atoms with Crippen molar-refractivity contribution in [3.63, 3.8) is 0 Å². The average molecular weight is 281 g/mol. The predicted octanol–water partition coefficient (Wildman–Crippen LogP) is 1.33. The van der Waals surface area contributed by atoms with E-state index in [1.54, 1.807) is 11.8 Å². The average Bonchev–Trinajstić information content (AvgIpc) is 2.83. The molecule has 0 aromatic carbocycles. The summed E-state index contributed by atoms with van der Waals surface area (Å²) in [6.45, 7) is 4.97. The molecule has 0 bridgehead atoms. The first-order valence-electron chi connectivity index (χ1n) is 7.32. The van der Waals surface area contributed by atoms with Crippen molar-refractivity contribution < 1.29 is 14.4 Å². The van der Waals surface area contributed by atoms with E-state index in [0.29, 0.717) is 31.1 Å². The molecule has 1 unspecified atom stereocenters. The maximum atomic E-state index is 12.1. The van der Waals surface area contributed by atoms with Crippen LogP contribution in [0.4, 0.5) is 0 Å². The lowest BCUT2D eigenvalue weighted by Gasteiger charge is -2.36. The van der Waals surface area contributed by atoms with Crippen LogP contribution in [0.25, 0.3) is 0 Å². The van der Waals surface area contributed by atoms with Gasteiger partial charge in [0, 0.05) is 32.4 Å². The van der Waals surface area contributed by atoms with Crippen LogP contribution >= 0.6 is 0 Å². The van der Waals surface area contributed by atoms with Crippen LogP contribution in [0.3, 0.4) is 0 Å². The number of likely N-dealkylation sites (tertiary alicyclic amines) is 1. The molecule has 1 fully saturated rings. The van der Waals surface area contributed by atoms with Crippen LogP contribution in [0, 0.1) is 0 Å². The van der Waals surface area contributed by atoms with Crippen LogP contribution in [0.2, 0.25) is 0 Å². The van der Waals surface area contributed by atoms with Gasteiger partial charge in [-0.15, -0.1) is 0 Å². The number of hydrogen-bond acceptors (Lipinski definition) is 5. The van der Waals surface area contributed by atoms with Crippen molar-refractivity contribution in [3.05, 3.63) is 11.7 Å². The fourth-order valence-corrected chi connectivity index (χ4v) is 2.52. The van der Waals surface area contributed by atoms with E-state index in [1.165, 1.54) is 0 Å². The summed E-state index contributed by atoms with van der Waals surface area (Å²) in [5.41, 5.74) is -0.757. The van der Waals surface area contributed by atoms with Crippen LogP contribution in [-0.4, -0.2) is 44.7 Å². The van der Waals surface area contributed by atoms with Gasteiger partial charge < -0.3 is 14.5 Å². The van der Waals surface area contributed by atoms with Crippen LogP contribution in [0.15, 0.2) is 4.52 Å². The molecule has 1 N–H and O–H groups in total. The molecule has 0 spiro atoms. The van der Waals surface area contributed by atoms with Crippen molar-refractivity contribution in [1.29, 1.82) is 0 Å². The number of carbonyl (C=O) groups excluding carboxylic acids is 1. The number of β-amino-alcohol motifs (C(OH)–C–C–N with tert-alkyl or cyclic N) is 1. The van der Waals surface area contributed by atoms with Gasteiger partial charge in [0.15, 0.2) is 5.82 Å². The van der Waals surface area contributed by atoms with E-state index in [2.05, 4.69) is 17.1 Å². The van der Waals surface area contributed by atoms with Crippen molar-refractivity contribution in [3.8, 4) is 0 Å². The molecule has 0 radical (unpaired) electrons. The van der Waals surface area contributed by atoms with Crippen molar-refractivity contribution in [2.24, 2.45) is 0 Å².